The fourth-order valence-electron chi connectivity index (χ4n) is 3.72. The molecule has 4 heterocycles. The Kier molecular flexibility index (Phi) is 4.98. The molecule has 1 aliphatic heterocycles. The van der Waals surface area contributed by atoms with Crippen molar-refractivity contribution >= 4 is 5.82 Å². The monoisotopic (exact) mass is 439 g/mol. The van der Waals surface area contributed by atoms with E-state index in [4.69, 9.17) is 10.5 Å². The molecule has 1 fully saturated rings. The van der Waals surface area contributed by atoms with Crippen molar-refractivity contribution in [3.63, 3.8) is 0 Å². The first kappa shape index (κ1) is 20.0. The number of tetrazole rings is 1. The fraction of sp³-hybridized carbons (Fsp3) is 0.250. The van der Waals surface area contributed by atoms with Crippen LogP contribution in [0, 0.1) is 11.6 Å². The molecule has 4 aromatic rings. The highest BCUT2D eigenvalue weighted by Crippen LogP contribution is 2.31. The predicted octanol–water partition coefficient (Wildman–Crippen LogP) is 1.99. The molecule has 1 saturated heterocycles. The van der Waals surface area contributed by atoms with E-state index in [0.717, 1.165) is 35.3 Å². The topological polar surface area (TPSA) is 122 Å². The van der Waals surface area contributed by atoms with E-state index in [2.05, 4.69) is 30.9 Å². The maximum absolute atomic E-state index is 14.7. The average molecular weight is 439 g/mol. The number of nitrogens with one attached hydrogen (secondary N) is 1. The molecule has 1 aromatic carbocycles. The number of hydrogen-bond donors (Lipinski definition) is 2. The Labute approximate surface area is 181 Å². The van der Waals surface area contributed by atoms with Crippen molar-refractivity contribution in [2.45, 2.75) is 12.5 Å². The number of pyridine rings is 1. The van der Waals surface area contributed by atoms with Gasteiger partial charge >= 0.3 is 0 Å². The number of hydrogen-bond acceptors (Lipinski definition) is 8. The lowest BCUT2D eigenvalue weighted by atomic mass is 10.1. The number of aromatic nitrogens is 7. The zero-order valence-corrected chi connectivity index (χ0v) is 17.0. The van der Waals surface area contributed by atoms with Gasteiger partial charge in [-0.05, 0) is 41.6 Å². The van der Waals surface area contributed by atoms with Crippen LogP contribution >= 0.6 is 0 Å². The third-order valence-electron chi connectivity index (χ3n) is 5.45. The summed E-state index contributed by atoms with van der Waals surface area (Å²) in [6.45, 7) is 1.82. The predicted molar refractivity (Wildman–Crippen MR) is 111 cm³/mol. The Hall–Kier alpha value is -3.93. The molecule has 0 bridgehead atoms. The number of ether oxygens (including phenoxy) is 1. The summed E-state index contributed by atoms with van der Waals surface area (Å²) >= 11 is 0. The number of rotatable bonds is 5. The summed E-state index contributed by atoms with van der Waals surface area (Å²) < 4.78 is 36.7. The van der Waals surface area contributed by atoms with Gasteiger partial charge in [-0.2, -0.15) is 14.2 Å². The standard InChI is InChI=1S/C20H19F2N9O/c1-32-16-3-2-15(17(21)18(16)22)31-20(27-28-29-31)14-6-11(7-25-19(14)23)12-8-26-30(10-12)13-4-5-24-9-13/h2-3,6-8,10,13,24H,4-5,9H2,1H3,(H2,23,25)/t13-/m1/s1. The number of nitrogens with zero attached hydrogens (tertiary/aromatic N) is 7. The second-order valence-corrected chi connectivity index (χ2v) is 7.34. The second-order valence-electron chi connectivity index (χ2n) is 7.34. The number of nitrogens with two attached hydrogens (primary N) is 1. The Morgan fingerprint density at radius 2 is 2.06 bits per heavy atom. The van der Waals surface area contributed by atoms with Crippen LogP contribution < -0.4 is 15.8 Å². The SMILES string of the molecule is COc1ccc(-n2nnnc2-c2cc(-c3cnn([C@@H]4CCNC4)c3)cnc2N)c(F)c1F. The van der Waals surface area contributed by atoms with Crippen molar-refractivity contribution < 1.29 is 13.5 Å². The van der Waals surface area contributed by atoms with Crippen molar-refractivity contribution in [3.8, 4) is 34.0 Å². The van der Waals surface area contributed by atoms with Gasteiger partial charge in [0.25, 0.3) is 0 Å². The van der Waals surface area contributed by atoms with Crippen molar-refractivity contribution in [3.05, 3.63) is 48.4 Å². The maximum Gasteiger partial charge on any atom is 0.202 e. The van der Waals surface area contributed by atoms with E-state index in [0.29, 0.717) is 11.6 Å². The summed E-state index contributed by atoms with van der Waals surface area (Å²) in [5, 5.41) is 19.2. The maximum atomic E-state index is 14.7. The van der Waals surface area contributed by atoms with Gasteiger partial charge in [-0.15, -0.1) is 5.10 Å². The fourth-order valence-corrected chi connectivity index (χ4v) is 3.72. The molecule has 0 saturated carbocycles. The molecule has 10 nitrogen and oxygen atoms in total. The quantitative estimate of drug-likeness (QED) is 0.484. The zero-order valence-electron chi connectivity index (χ0n) is 17.0. The first-order valence-corrected chi connectivity index (χ1v) is 9.88. The van der Waals surface area contributed by atoms with Gasteiger partial charge in [0.1, 0.15) is 11.5 Å². The van der Waals surface area contributed by atoms with E-state index in [1.54, 1.807) is 18.5 Å². The Balaban J connectivity index is 1.55. The van der Waals surface area contributed by atoms with Gasteiger partial charge in [0.2, 0.25) is 5.82 Å². The molecule has 0 unspecified atom stereocenters. The third-order valence-corrected chi connectivity index (χ3v) is 5.45. The highest BCUT2D eigenvalue weighted by Gasteiger charge is 2.22. The van der Waals surface area contributed by atoms with Crippen LogP contribution in [0.1, 0.15) is 12.5 Å². The molecule has 0 amide bonds. The average Bonchev–Trinajstić information content (AvgIpc) is 3.57. The van der Waals surface area contributed by atoms with E-state index in [-0.39, 0.29) is 23.1 Å². The number of nitrogen functional groups attached to an aromatic ring is 1. The molecule has 3 aromatic heterocycles. The summed E-state index contributed by atoms with van der Waals surface area (Å²) in [6, 6.07) is 4.66. The number of halogens is 2. The van der Waals surface area contributed by atoms with E-state index in [1.807, 2.05) is 10.9 Å². The molecule has 12 heteroatoms. The lowest BCUT2D eigenvalue weighted by molar-refractivity contribution is 0.371. The van der Waals surface area contributed by atoms with E-state index < -0.39 is 11.6 Å². The van der Waals surface area contributed by atoms with E-state index in [1.165, 1.54) is 19.2 Å². The van der Waals surface area contributed by atoms with Gasteiger partial charge < -0.3 is 15.8 Å². The van der Waals surface area contributed by atoms with Crippen molar-refractivity contribution in [1.82, 2.24) is 40.3 Å². The Bertz CT molecular complexity index is 1280. The smallest absolute Gasteiger partial charge is 0.202 e. The summed E-state index contributed by atoms with van der Waals surface area (Å²) in [6.07, 6.45) is 6.31. The molecule has 32 heavy (non-hydrogen) atoms. The van der Waals surface area contributed by atoms with E-state index >= 15 is 0 Å². The van der Waals surface area contributed by atoms with Crippen LogP contribution in [0.4, 0.5) is 14.6 Å². The van der Waals surface area contributed by atoms with Crippen molar-refractivity contribution in [2.75, 3.05) is 25.9 Å². The first-order chi connectivity index (χ1) is 15.6. The van der Waals surface area contributed by atoms with Crippen LogP contribution in [0.15, 0.2) is 36.8 Å². The Morgan fingerprint density at radius 1 is 1.19 bits per heavy atom. The molecule has 5 rings (SSSR count). The zero-order chi connectivity index (χ0) is 22.2. The summed E-state index contributed by atoms with van der Waals surface area (Å²) in [4.78, 5) is 4.25. The van der Waals surface area contributed by atoms with Gasteiger partial charge in [-0.1, -0.05) is 0 Å². The second kappa shape index (κ2) is 7.96. The minimum absolute atomic E-state index is 0.118. The minimum Gasteiger partial charge on any atom is -0.494 e. The van der Waals surface area contributed by atoms with Gasteiger partial charge in [0.05, 0.1) is 24.9 Å². The van der Waals surface area contributed by atoms with Crippen LogP contribution in [-0.2, 0) is 0 Å². The largest absolute Gasteiger partial charge is 0.494 e. The molecule has 1 aliphatic rings. The first-order valence-electron chi connectivity index (χ1n) is 9.88. The molecule has 0 aliphatic carbocycles. The van der Waals surface area contributed by atoms with Gasteiger partial charge in [-0.25, -0.2) is 9.37 Å². The van der Waals surface area contributed by atoms with Crippen LogP contribution in [-0.4, -0.2) is 55.2 Å². The lowest BCUT2D eigenvalue weighted by Gasteiger charge is -2.10. The number of methoxy groups -OCH3 is 1. The third kappa shape index (κ3) is 3.34. The molecular formula is C20H19F2N9O. The molecule has 0 radical (unpaired) electrons. The van der Waals surface area contributed by atoms with Gasteiger partial charge in [0, 0.05) is 30.1 Å². The molecule has 0 spiro atoms. The molecule has 3 N–H and O–H groups in total. The molecule has 1 atom stereocenters. The molecular weight excluding hydrogens is 420 g/mol. The minimum atomic E-state index is -1.15. The normalized spacial score (nSPS) is 15.9. The molecule has 164 valence electrons. The number of anilines is 1. The lowest BCUT2D eigenvalue weighted by Crippen LogP contribution is -2.13. The van der Waals surface area contributed by atoms with Crippen LogP contribution in [0.5, 0.6) is 5.75 Å². The van der Waals surface area contributed by atoms with Crippen molar-refractivity contribution in [2.24, 2.45) is 0 Å². The van der Waals surface area contributed by atoms with Crippen LogP contribution in [0.25, 0.3) is 28.2 Å². The van der Waals surface area contributed by atoms with Crippen molar-refractivity contribution in [1.29, 1.82) is 0 Å². The highest BCUT2D eigenvalue weighted by molar-refractivity contribution is 5.76. The van der Waals surface area contributed by atoms with Crippen LogP contribution in [0.2, 0.25) is 0 Å². The summed E-state index contributed by atoms with van der Waals surface area (Å²) in [5.74, 6) is -2.25. The number of benzene rings is 1. The van der Waals surface area contributed by atoms with E-state index in [9.17, 15) is 8.78 Å². The Morgan fingerprint density at radius 3 is 2.84 bits per heavy atom. The van der Waals surface area contributed by atoms with Gasteiger partial charge in [0.15, 0.2) is 17.4 Å². The summed E-state index contributed by atoms with van der Waals surface area (Å²) in [5.41, 5.74) is 7.85. The van der Waals surface area contributed by atoms with Crippen LogP contribution in [0.3, 0.4) is 0 Å². The highest BCUT2D eigenvalue weighted by atomic mass is 19.2. The summed E-state index contributed by atoms with van der Waals surface area (Å²) in [7, 11) is 1.25. The van der Waals surface area contributed by atoms with Gasteiger partial charge in [-0.3, -0.25) is 4.68 Å².